The van der Waals surface area contributed by atoms with Gasteiger partial charge >= 0.3 is 0 Å². The molecule has 2 aromatic carbocycles. The maximum absolute atomic E-state index is 11.7. The third-order valence-corrected chi connectivity index (χ3v) is 3.07. The van der Waals surface area contributed by atoms with E-state index in [4.69, 9.17) is 16.3 Å². The number of nitrogens with zero attached hydrogens (tertiary/aromatic N) is 1. The molecule has 6 heteroatoms. The topological polar surface area (TPSA) is 62.7 Å². The number of hydrogen-bond acceptors (Lipinski definition) is 4. The highest BCUT2D eigenvalue weighted by molar-refractivity contribution is 6.30. The van der Waals surface area contributed by atoms with Crippen LogP contribution in [0.5, 0.6) is 5.75 Å². The molecule has 0 radical (unpaired) electrons. The molecule has 0 aliphatic heterocycles. The van der Waals surface area contributed by atoms with Crippen LogP contribution >= 0.6 is 11.6 Å². The zero-order valence-corrected chi connectivity index (χ0v) is 12.8. The summed E-state index contributed by atoms with van der Waals surface area (Å²) in [5.74, 6) is 0.531. The van der Waals surface area contributed by atoms with Gasteiger partial charge in [0.05, 0.1) is 19.9 Å². The predicted octanol–water partition coefficient (Wildman–Crippen LogP) is 2.91. The quantitative estimate of drug-likeness (QED) is 0.636. The van der Waals surface area contributed by atoms with Gasteiger partial charge in [-0.1, -0.05) is 23.7 Å². The fraction of sp³-hybridized carbons (Fsp3) is 0.125. The number of anilines is 1. The van der Waals surface area contributed by atoms with Gasteiger partial charge in [0.15, 0.2) is 0 Å². The first-order valence-corrected chi connectivity index (χ1v) is 7.00. The molecule has 2 N–H and O–H groups in total. The van der Waals surface area contributed by atoms with Gasteiger partial charge in [0.25, 0.3) is 5.91 Å². The number of methoxy groups -OCH3 is 1. The van der Waals surface area contributed by atoms with Gasteiger partial charge in [0.2, 0.25) is 0 Å². The highest BCUT2D eigenvalue weighted by Crippen LogP contribution is 2.14. The summed E-state index contributed by atoms with van der Waals surface area (Å²) in [7, 11) is 1.61. The van der Waals surface area contributed by atoms with E-state index >= 15 is 0 Å². The minimum Gasteiger partial charge on any atom is -0.497 e. The van der Waals surface area contributed by atoms with E-state index < -0.39 is 0 Å². The van der Waals surface area contributed by atoms with E-state index in [1.165, 1.54) is 0 Å². The standard InChI is InChI=1S/C16H16ClN3O2/c1-22-15-8-6-14(7-9-15)18-11-16(21)20-19-10-12-2-4-13(17)5-3-12/h2-10,18H,11H2,1H3,(H,20,21)/b19-10-. The number of halogens is 1. The van der Waals surface area contributed by atoms with Crippen molar-refractivity contribution in [2.75, 3.05) is 19.0 Å². The van der Waals surface area contributed by atoms with Gasteiger partial charge in [-0.3, -0.25) is 4.79 Å². The molecule has 2 rings (SSSR count). The van der Waals surface area contributed by atoms with Gasteiger partial charge in [0.1, 0.15) is 5.75 Å². The number of benzene rings is 2. The maximum Gasteiger partial charge on any atom is 0.259 e. The normalized spacial score (nSPS) is 10.5. The van der Waals surface area contributed by atoms with Crippen LogP contribution in [0, 0.1) is 0 Å². The van der Waals surface area contributed by atoms with Gasteiger partial charge < -0.3 is 10.1 Å². The van der Waals surface area contributed by atoms with Gasteiger partial charge in [-0.25, -0.2) is 5.43 Å². The lowest BCUT2D eigenvalue weighted by atomic mass is 10.2. The summed E-state index contributed by atoms with van der Waals surface area (Å²) in [6.07, 6.45) is 1.56. The highest BCUT2D eigenvalue weighted by atomic mass is 35.5. The van der Waals surface area contributed by atoms with Crippen molar-refractivity contribution in [3.8, 4) is 5.75 Å². The molecule has 0 fully saturated rings. The fourth-order valence-corrected chi connectivity index (χ4v) is 1.78. The SMILES string of the molecule is COc1ccc(NCC(=O)N/N=C\c2ccc(Cl)cc2)cc1. The van der Waals surface area contributed by atoms with Crippen molar-refractivity contribution in [3.05, 3.63) is 59.1 Å². The lowest BCUT2D eigenvalue weighted by Gasteiger charge is -2.06. The number of carbonyl (C=O) groups excluding carboxylic acids is 1. The van der Waals surface area contributed by atoms with E-state index in [0.717, 1.165) is 17.0 Å². The molecule has 0 unspecified atom stereocenters. The Balaban J connectivity index is 1.76. The number of hydrazone groups is 1. The molecule has 0 saturated carbocycles. The second-order valence-corrected chi connectivity index (χ2v) is 4.86. The molecule has 0 aliphatic rings. The molecular weight excluding hydrogens is 302 g/mol. The summed E-state index contributed by atoms with van der Waals surface area (Å²) in [6, 6.07) is 14.5. The summed E-state index contributed by atoms with van der Waals surface area (Å²) in [6.45, 7) is 0.129. The molecule has 0 heterocycles. The van der Waals surface area contributed by atoms with Gasteiger partial charge in [-0.05, 0) is 42.0 Å². The first kappa shape index (κ1) is 15.9. The van der Waals surface area contributed by atoms with Crippen LogP contribution in [-0.4, -0.2) is 25.8 Å². The second kappa shape index (κ2) is 8.05. The lowest BCUT2D eigenvalue weighted by molar-refractivity contribution is -0.119. The number of hydrogen-bond donors (Lipinski definition) is 2. The van der Waals surface area contributed by atoms with Crippen LogP contribution in [0.1, 0.15) is 5.56 Å². The first-order valence-electron chi connectivity index (χ1n) is 6.63. The third-order valence-electron chi connectivity index (χ3n) is 2.82. The summed E-state index contributed by atoms with van der Waals surface area (Å²) >= 11 is 5.78. The molecule has 0 atom stereocenters. The van der Waals surface area contributed by atoms with Crippen LogP contribution in [0.15, 0.2) is 53.6 Å². The number of carbonyl (C=O) groups is 1. The highest BCUT2D eigenvalue weighted by Gasteiger charge is 1.99. The Labute approximate surface area is 133 Å². The van der Waals surface area contributed by atoms with Gasteiger partial charge in [-0.2, -0.15) is 5.10 Å². The van der Waals surface area contributed by atoms with E-state index in [9.17, 15) is 4.79 Å². The molecule has 0 bridgehead atoms. The fourth-order valence-electron chi connectivity index (χ4n) is 1.66. The first-order chi connectivity index (χ1) is 10.7. The Morgan fingerprint density at radius 2 is 1.86 bits per heavy atom. The maximum atomic E-state index is 11.7. The third kappa shape index (κ3) is 5.10. The van der Waals surface area contributed by atoms with Crippen molar-refractivity contribution in [3.63, 3.8) is 0 Å². The molecule has 114 valence electrons. The van der Waals surface area contributed by atoms with E-state index in [1.54, 1.807) is 25.5 Å². The van der Waals surface area contributed by atoms with Gasteiger partial charge in [-0.15, -0.1) is 0 Å². The second-order valence-electron chi connectivity index (χ2n) is 4.43. The molecule has 2 aromatic rings. The monoisotopic (exact) mass is 317 g/mol. The molecule has 0 aliphatic carbocycles. The number of nitrogens with one attached hydrogen (secondary N) is 2. The van der Waals surface area contributed by atoms with E-state index in [1.807, 2.05) is 36.4 Å². The van der Waals surface area contributed by atoms with Crippen molar-refractivity contribution < 1.29 is 9.53 Å². The van der Waals surface area contributed by atoms with Gasteiger partial charge in [0, 0.05) is 10.7 Å². The predicted molar refractivity (Wildman–Crippen MR) is 88.7 cm³/mol. The minimum absolute atomic E-state index is 0.129. The zero-order chi connectivity index (χ0) is 15.8. The largest absolute Gasteiger partial charge is 0.497 e. The smallest absolute Gasteiger partial charge is 0.259 e. The van der Waals surface area contributed by atoms with Crippen molar-refractivity contribution in [2.45, 2.75) is 0 Å². The van der Waals surface area contributed by atoms with Crippen LogP contribution in [0.2, 0.25) is 5.02 Å². The van der Waals surface area contributed by atoms with E-state index in [-0.39, 0.29) is 12.5 Å². The van der Waals surface area contributed by atoms with Crippen LogP contribution in [0.3, 0.4) is 0 Å². The molecule has 1 amide bonds. The molecule has 22 heavy (non-hydrogen) atoms. The van der Waals surface area contributed by atoms with Crippen LogP contribution < -0.4 is 15.5 Å². The summed E-state index contributed by atoms with van der Waals surface area (Å²) in [5.41, 5.74) is 4.13. The van der Waals surface area contributed by atoms with Crippen molar-refractivity contribution in [1.29, 1.82) is 0 Å². The molecular formula is C16H16ClN3O2. The summed E-state index contributed by atoms with van der Waals surface area (Å²) in [4.78, 5) is 11.7. The Kier molecular flexibility index (Phi) is 5.80. The summed E-state index contributed by atoms with van der Waals surface area (Å²) in [5, 5.41) is 7.53. The Morgan fingerprint density at radius 3 is 2.50 bits per heavy atom. The zero-order valence-electron chi connectivity index (χ0n) is 12.0. The number of ether oxygens (including phenoxy) is 1. The molecule has 5 nitrogen and oxygen atoms in total. The average Bonchev–Trinajstić information content (AvgIpc) is 2.55. The Bertz CT molecular complexity index is 639. The molecule has 0 saturated heterocycles. The number of amides is 1. The molecule has 0 spiro atoms. The van der Waals surface area contributed by atoms with Crippen LogP contribution in [0.4, 0.5) is 5.69 Å². The molecule has 0 aromatic heterocycles. The van der Waals surface area contributed by atoms with Crippen molar-refractivity contribution in [2.24, 2.45) is 5.10 Å². The van der Waals surface area contributed by atoms with Crippen molar-refractivity contribution in [1.82, 2.24) is 5.43 Å². The minimum atomic E-state index is -0.235. The lowest BCUT2D eigenvalue weighted by Crippen LogP contribution is -2.25. The Hall–Kier alpha value is -2.53. The van der Waals surface area contributed by atoms with E-state index in [0.29, 0.717) is 5.02 Å². The van der Waals surface area contributed by atoms with Crippen LogP contribution in [-0.2, 0) is 4.79 Å². The number of rotatable bonds is 6. The Morgan fingerprint density at radius 1 is 1.18 bits per heavy atom. The van der Waals surface area contributed by atoms with Crippen LogP contribution in [0.25, 0.3) is 0 Å². The summed E-state index contributed by atoms with van der Waals surface area (Å²) < 4.78 is 5.06. The van der Waals surface area contributed by atoms with E-state index in [2.05, 4.69) is 15.8 Å². The average molecular weight is 318 g/mol. The van der Waals surface area contributed by atoms with Crippen molar-refractivity contribution >= 4 is 29.4 Å².